The van der Waals surface area contributed by atoms with Crippen LogP contribution in [0.1, 0.15) is 26.3 Å². The predicted octanol–water partition coefficient (Wildman–Crippen LogP) is 2.52. The number of nitrogens with zero attached hydrogens (tertiary/aromatic N) is 1. The number of nitrogens with one attached hydrogen (secondary N) is 2. The van der Waals surface area contributed by atoms with Crippen molar-refractivity contribution in [3.8, 4) is 0 Å². The van der Waals surface area contributed by atoms with Crippen LogP contribution in [-0.4, -0.2) is 23.8 Å². The smallest absolute Gasteiger partial charge is 0.270 e. The van der Waals surface area contributed by atoms with Gasteiger partial charge in [-0.3, -0.25) is 19.7 Å². The normalized spacial score (nSPS) is 10.0. The van der Waals surface area contributed by atoms with Gasteiger partial charge in [-0.25, -0.2) is 0 Å². The zero-order valence-electron chi connectivity index (χ0n) is 12.6. The van der Waals surface area contributed by atoms with E-state index in [1.807, 2.05) is 0 Å². The summed E-state index contributed by atoms with van der Waals surface area (Å²) in [6.07, 6.45) is 0. The number of nitro benzene ring substituents is 1. The number of hydrogen-bond donors (Lipinski definition) is 2. The summed E-state index contributed by atoms with van der Waals surface area (Å²) in [4.78, 5) is 34.1. The first-order chi connectivity index (χ1) is 10.9. The van der Waals surface area contributed by atoms with Crippen molar-refractivity contribution < 1.29 is 14.5 Å². The fraction of sp³-hybridized carbons (Fsp3) is 0.125. The molecule has 0 bridgehead atoms. The average Bonchev–Trinajstić information content (AvgIpc) is 2.56. The summed E-state index contributed by atoms with van der Waals surface area (Å²) in [6.45, 7) is 1.79. The van der Waals surface area contributed by atoms with Crippen molar-refractivity contribution in [1.82, 2.24) is 5.32 Å². The Bertz CT molecular complexity index is 787. The Hall–Kier alpha value is -3.22. The van der Waals surface area contributed by atoms with Gasteiger partial charge in [-0.1, -0.05) is 12.1 Å². The molecule has 0 heterocycles. The Labute approximate surface area is 132 Å². The van der Waals surface area contributed by atoms with Crippen LogP contribution >= 0.6 is 0 Å². The van der Waals surface area contributed by atoms with Gasteiger partial charge in [0.1, 0.15) is 0 Å². The Balaban J connectivity index is 2.28. The lowest BCUT2D eigenvalue weighted by Crippen LogP contribution is -2.19. The topological polar surface area (TPSA) is 101 Å². The van der Waals surface area contributed by atoms with E-state index in [2.05, 4.69) is 10.6 Å². The van der Waals surface area contributed by atoms with E-state index in [1.165, 1.54) is 31.3 Å². The molecule has 0 saturated heterocycles. The van der Waals surface area contributed by atoms with Crippen LogP contribution in [-0.2, 0) is 0 Å². The molecule has 0 radical (unpaired) electrons. The SMILES string of the molecule is CNC(=O)c1ccc(C)c(NC(=O)c2cccc([N+](=O)[O-])c2)c1. The van der Waals surface area contributed by atoms with Crippen LogP contribution in [0.2, 0.25) is 0 Å². The molecule has 0 aliphatic carbocycles. The molecule has 2 aromatic rings. The Morgan fingerprint density at radius 1 is 1.04 bits per heavy atom. The summed E-state index contributed by atoms with van der Waals surface area (Å²) in [5, 5.41) is 15.9. The maximum absolute atomic E-state index is 12.3. The number of anilines is 1. The Morgan fingerprint density at radius 2 is 1.74 bits per heavy atom. The van der Waals surface area contributed by atoms with Crippen molar-refractivity contribution in [3.05, 3.63) is 69.3 Å². The molecule has 0 unspecified atom stereocenters. The van der Waals surface area contributed by atoms with Crippen LogP contribution in [0.4, 0.5) is 11.4 Å². The monoisotopic (exact) mass is 313 g/mol. The molecule has 2 rings (SSSR count). The number of amides is 2. The lowest BCUT2D eigenvalue weighted by Gasteiger charge is -2.10. The van der Waals surface area contributed by atoms with Gasteiger partial charge < -0.3 is 10.6 Å². The third-order valence-corrected chi connectivity index (χ3v) is 3.29. The van der Waals surface area contributed by atoms with E-state index in [0.29, 0.717) is 11.3 Å². The van der Waals surface area contributed by atoms with Gasteiger partial charge in [0, 0.05) is 36.0 Å². The van der Waals surface area contributed by atoms with E-state index >= 15 is 0 Å². The van der Waals surface area contributed by atoms with Crippen molar-refractivity contribution in [2.75, 3.05) is 12.4 Å². The van der Waals surface area contributed by atoms with E-state index < -0.39 is 10.8 Å². The van der Waals surface area contributed by atoms with Crippen molar-refractivity contribution in [3.63, 3.8) is 0 Å². The summed E-state index contributed by atoms with van der Waals surface area (Å²) in [5.41, 5.74) is 1.67. The second-order valence-corrected chi connectivity index (χ2v) is 4.87. The van der Waals surface area contributed by atoms with Gasteiger partial charge in [0.15, 0.2) is 0 Å². The number of carbonyl (C=O) groups excluding carboxylic acids is 2. The number of benzene rings is 2. The average molecular weight is 313 g/mol. The highest BCUT2D eigenvalue weighted by Crippen LogP contribution is 2.19. The standard InChI is InChI=1S/C16H15N3O4/c1-10-6-7-12(15(20)17-2)9-14(10)18-16(21)11-4-3-5-13(8-11)19(22)23/h3-9H,1-2H3,(H,17,20)(H,18,21). The van der Waals surface area contributed by atoms with Gasteiger partial charge in [0.05, 0.1) is 4.92 Å². The summed E-state index contributed by atoms with van der Waals surface area (Å²) >= 11 is 0. The molecule has 0 saturated carbocycles. The van der Waals surface area contributed by atoms with Crippen LogP contribution in [0.25, 0.3) is 0 Å². The molecular formula is C16H15N3O4. The van der Waals surface area contributed by atoms with Crippen molar-refractivity contribution in [2.24, 2.45) is 0 Å². The zero-order valence-corrected chi connectivity index (χ0v) is 12.6. The second kappa shape index (κ2) is 6.69. The second-order valence-electron chi connectivity index (χ2n) is 4.87. The molecule has 7 nitrogen and oxygen atoms in total. The van der Waals surface area contributed by atoms with E-state index in [1.54, 1.807) is 25.1 Å². The van der Waals surface area contributed by atoms with Crippen LogP contribution in [0.5, 0.6) is 0 Å². The molecule has 0 spiro atoms. The lowest BCUT2D eigenvalue weighted by atomic mass is 10.1. The molecule has 2 amide bonds. The fourth-order valence-corrected chi connectivity index (χ4v) is 2.00. The highest BCUT2D eigenvalue weighted by molar-refractivity contribution is 6.05. The number of non-ortho nitro benzene ring substituents is 1. The number of carbonyl (C=O) groups is 2. The van der Waals surface area contributed by atoms with Gasteiger partial charge >= 0.3 is 0 Å². The van der Waals surface area contributed by atoms with Gasteiger partial charge in [-0.05, 0) is 30.7 Å². The minimum Gasteiger partial charge on any atom is -0.355 e. The van der Waals surface area contributed by atoms with Crippen LogP contribution in [0, 0.1) is 17.0 Å². The Morgan fingerprint density at radius 3 is 2.39 bits per heavy atom. The first-order valence-corrected chi connectivity index (χ1v) is 6.81. The van der Waals surface area contributed by atoms with Crippen LogP contribution in [0.15, 0.2) is 42.5 Å². The molecule has 0 fully saturated rings. The number of rotatable bonds is 4. The summed E-state index contributed by atoms with van der Waals surface area (Å²) in [6, 6.07) is 10.4. The Kier molecular flexibility index (Phi) is 4.70. The third kappa shape index (κ3) is 3.70. The van der Waals surface area contributed by atoms with Gasteiger partial charge in [-0.2, -0.15) is 0 Å². The van der Waals surface area contributed by atoms with E-state index in [0.717, 1.165) is 5.56 Å². The van der Waals surface area contributed by atoms with E-state index in [4.69, 9.17) is 0 Å². The van der Waals surface area contributed by atoms with Crippen molar-refractivity contribution >= 4 is 23.2 Å². The maximum atomic E-state index is 12.3. The van der Waals surface area contributed by atoms with E-state index in [-0.39, 0.29) is 17.2 Å². The first-order valence-electron chi connectivity index (χ1n) is 6.81. The molecule has 2 aromatic carbocycles. The van der Waals surface area contributed by atoms with Crippen molar-refractivity contribution in [1.29, 1.82) is 0 Å². The number of nitro groups is 1. The highest BCUT2D eigenvalue weighted by Gasteiger charge is 2.13. The molecular weight excluding hydrogens is 298 g/mol. The first kappa shape index (κ1) is 16.2. The maximum Gasteiger partial charge on any atom is 0.270 e. The summed E-state index contributed by atoms with van der Waals surface area (Å²) in [5.74, 6) is -0.748. The molecule has 118 valence electrons. The quantitative estimate of drug-likeness (QED) is 0.669. The zero-order chi connectivity index (χ0) is 17.0. The molecule has 0 aliphatic rings. The predicted molar refractivity (Wildman–Crippen MR) is 85.6 cm³/mol. The minimum atomic E-state index is -0.561. The van der Waals surface area contributed by atoms with Gasteiger partial charge in [0.2, 0.25) is 0 Å². The number of hydrogen-bond acceptors (Lipinski definition) is 4. The third-order valence-electron chi connectivity index (χ3n) is 3.29. The molecule has 0 atom stereocenters. The lowest BCUT2D eigenvalue weighted by molar-refractivity contribution is -0.384. The minimum absolute atomic E-state index is 0.159. The highest BCUT2D eigenvalue weighted by atomic mass is 16.6. The molecule has 7 heteroatoms. The van der Waals surface area contributed by atoms with E-state index in [9.17, 15) is 19.7 Å². The van der Waals surface area contributed by atoms with Gasteiger partial charge in [-0.15, -0.1) is 0 Å². The molecule has 23 heavy (non-hydrogen) atoms. The summed E-state index contributed by atoms with van der Waals surface area (Å²) < 4.78 is 0. The molecule has 0 aliphatic heterocycles. The fourth-order valence-electron chi connectivity index (χ4n) is 2.00. The molecule has 2 N–H and O–H groups in total. The van der Waals surface area contributed by atoms with Gasteiger partial charge in [0.25, 0.3) is 17.5 Å². The summed E-state index contributed by atoms with van der Waals surface area (Å²) in [7, 11) is 1.52. The van der Waals surface area contributed by atoms with Crippen molar-refractivity contribution in [2.45, 2.75) is 6.92 Å². The largest absolute Gasteiger partial charge is 0.355 e. The number of aryl methyl sites for hydroxylation is 1. The van der Waals surface area contributed by atoms with Crippen LogP contribution in [0.3, 0.4) is 0 Å². The van der Waals surface area contributed by atoms with Crippen LogP contribution < -0.4 is 10.6 Å². The molecule has 0 aromatic heterocycles.